The van der Waals surface area contributed by atoms with Gasteiger partial charge in [0, 0.05) is 12.1 Å². The zero-order chi connectivity index (χ0) is 14.6. The number of amidine groups is 1. The van der Waals surface area contributed by atoms with Crippen LogP contribution in [0.15, 0.2) is 46.7 Å². The molecule has 0 aliphatic carbocycles. The summed E-state index contributed by atoms with van der Waals surface area (Å²) < 4.78 is 26.1. The summed E-state index contributed by atoms with van der Waals surface area (Å²) in [6.45, 7) is 0.123. The number of sulfonamides is 1. The van der Waals surface area contributed by atoms with E-state index < -0.39 is 10.0 Å². The smallest absolute Gasteiger partial charge is 0.257 e. The first kappa shape index (κ1) is 14.0. The standard InChI is InChI=1S/C11H13N5O3S/c12-11(16-17)9-3-1-8(2-4-9)7-14-20(18,19)10-5-6-13-15-10/h1-6,14,17H,7H2,(H2,12,16)(H,13,15). The summed E-state index contributed by atoms with van der Waals surface area (Å²) in [5, 5.41) is 17.4. The first-order chi connectivity index (χ1) is 9.53. The van der Waals surface area contributed by atoms with E-state index in [4.69, 9.17) is 10.9 Å². The highest BCUT2D eigenvalue weighted by Crippen LogP contribution is 2.07. The van der Waals surface area contributed by atoms with Crippen molar-refractivity contribution in [3.63, 3.8) is 0 Å². The molecular weight excluding hydrogens is 282 g/mol. The molecular formula is C11H13N5O3S. The molecule has 0 bridgehead atoms. The lowest BCUT2D eigenvalue weighted by atomic mass is 10.1. The number of nitrogens with one attached hydrogen (secondary N) is 2. The minimum absolute atomic E-state index is 0.00501. The highest BCUT2D eigenvalue weighted by atomic mass is 32.2. The predicted molar refractivity (Wildman–Crippen MR) is 71.6 cm³/mol. The van der Waals surface area contributed by atoms with E-state index in [1.165, 1.54) is 12.3 Å². The van der Waals surface area contributed by atoms with Gasteiger partial charge in [-0.25, -0.2) is 13.1 Å². The highest BCUT2D eigenvalue weighted by molar-refractivity contribution is 7.89. The van der Waals surface area contributed by atoms with Crippen LogP contribution in [0.4, 0.5) is 0 Å². The Balaban J connectivity index is 2.05. The number of hydrogen-bond acceptors (Lipinski definition) is 5. The Hall–Kier alpha value is -2.39. The van der Waals surface area contributed by atoms with Crippen molar-refractivity contribution >= 4 is 15.9 Å². The molecule has 0 unspecified atom stereocenters. The van der Waals surface area contributed by atoms with Gasteiger partial charge in [0.2, 0.25) is 0 Å². The number of aromatic nitrogens is 2. The molecule has 0 aliphatic heterocycles. The van der Waals surface area contributed by atoms with E-state index in [0.717, 1.165) is 5.56 Å². The number of benzene rings is 1. The molecule has 9 heteroatoms. The highest BCUT2D eigenvalue weighted by Gasteiger charge is 2.14. The number of hydrogen-bond donors (Lipinski definition) is 4. The van der Waals surface area contributed by atoms with Crippen LogP contribution >= 0.6 is 0 Å². The molecule has 5 N–H and O–H groups in total. The molecule has 0 spiro atoms. The van der Waals surface area contributed by atoms with Gasteiger partial charge in [-0.15, -0.1) is 0 Å². The Labute approximate surface area is 115 Å². The maximum Gasteiger partial charge on any atom is 0.257 e. The number of rotatable bonds is 5. The maximum absolute atomic E-state index is 11.8. The number of nitrogens with two attached hydrogens (primary N) is 1. The molecule has 1 aromatic heterocycles. The SMILES string of the molecule is N/C(=N/O)c1ccc(CNS(=O)(=O)c2ccn[nH]2)cc1. The molecule has 2 aromatic rings. The molecule has 8 nitrogen and oxygen atoms in total. The molecule has 0 fully saturated rings. The Morgan fingerprint density at radius 1 is 1.35 bits per heavy atom. The molecule has 0 radical (unpaired) electrons. The van der Waals surface area contributed by atoms with E-state index in [-0.39, 0.29) is 17.4 Å². The van der Waals surface area contributed by atoms with Crippen LogP contribution < -0.4 is 10.5 Å². The normalized spacial score (nSPS) is 12.5. The van der Waals surface area contributed by atoms with Crippen molar-refractivity contribution in [2.24, 2.45) is 10.9 Å². The summed E-state index contributed by atoms with van der Waals surface area (Å²) in [6.07, 6.45) is 1.36. The van der Waals surface area contributed by atoms with Gasteiger partial charge in [0.25, 0.3) is 10.0 Å². The molecule has 2 rings (SSSR count). The van der Waals surface area contributed by atoms with Gasteiger partial charge in [-0.1, -0.05) is 29.4 Å². The molecule has 0 saturated heterocycles. The largest absolute Gasteiger partial charge is 0.409 e. The van der Waals surface area contributed by atoms with Crippen molar-refractivity contribution in [1.82, 2.24) is 14.9 Å². The third-order valence-corrected chi connectivity index (χ3v) is 3.92. The van der Waals surface area contributed by atoms with E-state index in [1.807, 2.05) is 0 Å². The molecule has 0 amide bonds. The van der Waals surface area contributed by atoms with Gasteiger partial charge in [0.1, 0.15) is 0 Å². The lowest BCUT2D eigenvalue weighted by Gasteiger charge is -2.05. The third kappa shape index (κ3) is 3.13. The molecule has 0 atom stereocenters. The van der Waals surface area contributed by atoms with Gasteiger partial charge in [0.15, 0.2) is 10.9 Å². The van der Waals surface area contributed by atoms with Gasteiger partial charge in [-0.3, -0.25) is 5.10 Å². The van der Waals surface area contributed by atoms with Gasteiger partial charge >= 0.3 is 0 Å². The number of H-pyrrole nitrogens is 1. The summed E-state index contributed by atoms with van der Waals surface area (Å²) >= 11 is 0. The Bertz CT molecular complexity index is 692. The first-order valence-electron chi connectivity index (χ1n) is 5.59. The number of oxime groups is 1. The lowest BCUT2D eigenvalue weighted by Crippen LogP contribution is -2.23. The zero-order valence-electron chi connectivity index (χ0n) is 10.3. The van der Waals surface area contributed by atoms with Gasteiger partial charge in [0.05, 0.1) is 6.20 Å². The van der Waals surface area contributed by atoms with E-state index >= 15 is 0 Å². The topological polar surface area (TPSA) is 133 Å². The molecule has 0 saturated carbocycles. The third-order valence-electron chi connectivity index (χ3n) is 2.59. The second kappa shape index (κ2) is 5.72. The van der Waals surface area contributed by atoms with E-state index in [9.17, 15) is 8.42 Å². The van der Waals surface area contributed by atoms with Crippen LogP contribution in [0, 0.1) is 0 Å². The fourth-order valence-corrected chi connectivity index (χ4v) is 2.43. The summed E-state index contributed by atoms with van der Waals surface area (Å²) in [5.41, 5.74) is 6.72. The van der Waals surface area contributed by atoms with Crippen LogP contribution in [-0.4, -0.2) is 29.7 Å². The minimum Gasteiger partial charge on any atom is -0.409 e. The first-order valence-corrected chi connectivity index (χ1v) is 7.07. The van der Waals surface area contributed by atoms with Crippen molar-refractivity contribution in [2.75, 3.05) is 0 Å². The number of aromatic amines is 1. The van der Waals surface area contributed by atoms with Crippen molar-refractivity contribution in [3.05, 3.63) is 47.7 Å². The summed E-state index contributed by atoms with van der Waals surface area (Å²) in [7, 11) is -3.60. The van der Waals surface area contributed by atoms with Crippen LogP contribution in [-0.2, 0) is 16.6 Å². The second-order valence-corrected chi connectivity index (χ2v) is 5.66. The van der Waals surface area contributed by atoms with Crippen molar-refractivity contribution in [2.45, 2.75) is 11.6 Å². The Morgan fingerprint density at radius 2 is 2.05 bits per heavy atom. The maximum atomic E-state index is 11.8. The van der Waals surface area contributed by atoms with Crippen LogP contribution in [0.2, 0.25) is 0 Å². The quantitative estimate of drug-likeness (QED) is 0.266. The van der Waals surface area contributed by atoms with Gasteiger partial charge in [-0.05, 0) is 11.6 Å². The van der Waals surface area contributed by atoms with E-state index in [0.29, 0.717) is 5.56 Å². The van der Waals surface area contributed by atoms with Crippen LogP contribution in [0.25, 0.3) is 0 Å². The molecule has 0 aliphatic rings. The minimum atomic E-state index is -3.60. The van der Waals surface area contributed by atoms with Gasteiger partial charge in [-0.2, -0.15) is 5.10 Å². The summed E-state index contributed by atoms with van der Waals surface area (Å²) in [5.74, 6) is -0.00501. The molecule has 1 heterocycles. The summed E-state index contributed by atoms with van der Waals surface area (Å²) in [6, 6.07) is 8.00. The predicted octanol–water partition coefficient (Wildman–Crippen LogP) is -0.0173. The lowest BCUT2D eigenvalue weighted by molar-refractivity contribution is 0.318. The van der Waals surface area contributed by atoms with Crippen LogP contribution in [0.5, 0.6) is 0 Å². The molecule has 106 valence electrons. The average molecular weight is 295 g/mol. The summed E-state index contributed by atoms with van der Waals surface area (Å²) in [4.78, 5) is 0. The molecule has 20 heavy (non-hydrogen) atoms. The Kier molecular flexibility index (Phi) is 4.01. The van der Waals surface area contributed by atoms with Crippen LogP contribution in [0.1, 0.15) is 11.1 Å². The zero-order valence-corrected chi connectivity index (χ0v) is 11.1. The molecule has 1 aromatic carbocycles. The van der Waals surface area contributed by atoms with Crippen molar-refractivity contribution in [1.29, 1.82) is 0 Å². The van der Waals surface area contributed by atoms with E-state index in [1.54, 1.807) is 24.3 Å². The monoisotopic (exact) mass is 295 g/mol. The fourth-order valence-electron chi connectivity index (χ4n) is 1.50. The van der Waals surface area contributed by atoms with Crippen molar-refractivity contribution in [3.8, 4) is 0 Å². The fraction of sp³-hybridized carbons (Fsp3) is 0.0909. The second-order valence-electron chi connectivity index (χ2n) is 3.93. The average Bonchev–Trinajstić information content (AvgIpc) is 3.00. The number of nitrogens with zero attached hydrogens (tertiary/aromatic N) is 2. The van der Waals surface area contributed by atoms with Gasteiger partial charge < -0.3 is 10.9 Å². The van der Waals surface area contributed by atoms with Crippen LogP contribution in [0.3, 0.4) is 0 Å². The van der Waals surface area contributed by atoms with Crippen molar-refractivity contribution < 1.29 is 13.6 Å². The Morgan fingerprint density at radius 3 is 2.60 bits per heavy atom. The van der Waals surface area contributed by atoms with E-state index in [2.05, 4.69) is 20.1 Å².